The van der Waals surface area contributed by atoms with E-state index in [2.05, 4.69) is 4.72 Å². The van der Waals surface area contributed by atoms with Crippen LogP contribution >= 0.6 is 22.9 Å². The highest BCUT2D eigenvalue weighted by Gasteiger charge is 2.18. The first-order valence-corrected chi connectivity index (χ1v) is 9.92. The Hall–Kier alpha value is -1.83. The summed E-state index contributed by atoms with van der Waals surface area (Å²) in [6, 6.07) is 9.71. The van der Waals surface area contributed by atoms with E-state index in [0.717, 1.165) is 21.6 Å². The Morgan fingerprint density at radius 3 is 2.62 bits per heavy atom. The second-order valence-corrected chi connectivity index (χ2v) is 8.39. The highest BCUT2D eigenvalue weighted by atomic mass is 35.5. The van der Waals surface area contributed by atoms with Gasteiger partial charge in [-0.1, -0.05) is 22.9 Å². The van der Waals surface area contributed by atoms with Crippen molar-refractivity contribution in [3.8, 4) is 0 Å². The first kappa shape index (κ1) is 17.0. The molecule has 0 fully saturated rings. The topological polar surface area (TPSA) is 68.2 Å². The third kappa shape index (κ3) is 3.07. The van der Waals surface area contributed by atoms with Crippen molar-refractivity contribution < 1.29 is 8.42 Å². The van der Waals surface area contributed by atoms with Gasteiger partial charge in [-0.05, 0) is 55.8 Å². The Bertz CT molecular complexity index is 1080. The van der Waals surface area contributed by atoms with Gasteiger partial charge in [-0.3, -0.25) is 14.1 Å². The molecule has 126 valence electrons. The molecule has 0 bridgehead atoms. The summed E-state index contributed by atoms with van der Waals surface area (Å²) in [6.07, 6.45) is 0. The summed E-state index contributed by atoms with van der Waals surface area (Å²) >= 11 is 6.98. The molecule has 1 heterocycles. The third-order valence-corrected chi connectivity index (χ3v) is 6.38. The first-order valence-electron chi connectivity index (χ1n) is 7.24. The lowest BCUT2D eigenvalue weighted by Gasteiger charge is -2.11. The van der Waals surface area contributed by atoms with Gasteiger partial charge < -0.3 is 0 Å². The van der Waals surface area contributed by atoms with Crippen LogP contribution in [0.4, 0.5) is 5.69 Å². The smallest absolute Gasteiger partial charge is 0.299 e. The number of nitrogens with one attached hydrogen (secondary N) is 1. The van der Waals surface area contributed by atoms with Gasteiger partial charge in [0.15, 0.2) is 0 Å². The maximum Gasteiger partial charge on any atom is 0.308 e. The molecule has 24 heavy (non-hydrogen) atoms. The molecule has 2 aromatic carbocycles. The fraction of sp³-hybridized carbons (Fsp3) is 0.188. The standard InChI is InChI=1S/C16H15ClN2O3S2/c1-3-19-13-6-5-12(9-14(13)23-16(19)20)18-24(21,22)15-7-4-11(17)8-10(15)2/h4-9,18H,3H2,1-2H3. The molecule has 0 aliphatic rings. The molecule has 1 aromatic heterocycles. The Kier molecular flexibility index (Phi) is 4.42. The maximum atomic E-state index is 12.6. The van der Waals surface area contributed by atoms with Gasteiger partial charge >= 0.3 is 4.87 Å². The van der Waals surface area contributed by atoms with Crippen LogP contribution in [0.25, 0.3) is 10.2 Å². The van der Waals surface area contributed by atoms with E-state index in [0.29, 0.717) is 22.8 Å². The van der Waals surface area contributed by atoms with Crippen molar-refractivity contribution in [2.75, 3.05) is 4.72 Å². The molecule has 0 atom stereocenters. The minimum atomic E-state index is -3.73. The van der Waals surface area contributed by atoms with Gasteiger partial charge in [-0.15, -0.1) is 0 Å². The first-order chi connectivity index (χ1) is 11.3. The maximum absolute atomic E-state index is 12.6. The highest BCUT2D eigenvalue weighted by molar-refractivity contribution is 7.92. The second-order valence-electron chi connectivity index (χ2n) is 5.31. The summed E-state index contributed by atoms with van der Waals surface area (Å²) in [6.45, 7) is 4.16. The molecule has 0 aliphatic carbocycles. The summed E-state index contributed by atoms with van der Waals surface area (Å²) in [7, 11) is -3.73. The van der Waals surface area contributed by atoms with Crippen molar-refractivity contribution in [1.82, 2.24) is 4.57 Å². The van der Waals surface area contributed by atoms with Crippen molar-refractivity contribution in [2.45, 2.75) is 25.3 Å². The molecular weight excluding hydrogens is 368 g/mol. The number of nitrogens with zero attached hydrogens (tertiary/aromatic N) is 1. The molecule has 3 rings (SSSR count). The number of hydrogen-bond acceptors (Lipinski definition) is 4. The number of anilines is 1. The zero-order valence-electron chi connectivity index (χ0n) is 13.0. The second kappa shape index (κ2) is 6.23. The summed E-state index contributed by atoms with van der Waals surface area (Å²) in [4.78, 5) is 12.0. The monoisotopic (exact) mass is 382 g/mol. The van der Waals surface area contributed by atoms with Crippen molar-refractivity contribution in [2.24, 2.45) is 0 Å². The molecule has 5 nitrogen and oxygen atoms in total. The van der Waals surface area contributed by atoms with Gasteiger partial charge in [0.1, 0.15) is 0 Å². The van der Waals surface area contributed by atoms with E-state index in [9.17, 15) is 13.2 Å². The van der Waals surface area contributed by atoms with E-state index in [1.807, 2.05) is 6.92 Å². The molecule has 0 aliphatic heterocycles. The van der Waals surface area contributed by atoms with Gasteiger partial charge in [0.05, 0.1) is 20.8 Å². The van der Waals surface area contributed by atoms with Crippen LogP contribution in [0.1, 0.15) is 12.5 Å². The molecular formula is C16H15ClN2O3S2. The number of fused-ring (bicyclic) bond motifs is 1. The van der Waals surface area contributed by atoms with E-state index in [1.165, 1.54) is 6.07 Å². The van der Waals surface area contributed by atoms with Crippen LogP contribution in [0.3, 0.4) is 0 Å². The minimum Gasteiger partial charge on any atom is -0.299 e. The SMILES string of the molecule is CCn1c(=O)sc2cc(NS(=O)(=O)c3ccc(Cl)cc3C)ccc21. The molecule has 0 saturated heterocycles. The fourth-order valence-electron chi connectivity index (χ4n) is 2.55. The zero-order valence-corrected chi connectivity index (χ0v) is 15.4. The minimum absolute atomic E-state index is 0.0546. The number of aryl methyl sites for hydroxylation is 2. The van der Waals surface area contributed by atoms with Gasteiger partial charge in [0, 0.05) is 11.6 Å². The molecule has 0 unspecified atom stereocenters. The quantitative estimate of drug-likeness (QED) is 0.745. The molecule has 0 spiro atoms. The molecule has 1 N–H and O–H groups in total. The van der Waals surface area contributed by atoms with Gasteiger partial charge in [-0.2, -0.15) is 0 Å². The third-order valence-electron chi connectivity index (χ3n) is 3.66. The van der Waals surface area contributed by atoms with Crippen LogP contribution in [0.5, 0.6) is 0 Å². The van der Waals surface area contributed by atoms with Crippen molar-refractivity contribution in [3.05, 3.63) is 56.7 Å². The van der Waals surface area contributed by atoms with E-state index < -0.39 is 10.0 Å². The summed E-state index contributed by atoms with van der Waals surface area (Å²) in [5.41, 5.74) is 1.79. The Morgan fingerprint density at radius 1 is 1.21 bits per heavy atom. The molecule has 8 heteroatoms. The van der Waals surface area contributed by atoms with Crippen LogP contribution < -0.4 is 9.60 Å². The lowest BCUT2D eigenvalue weighted by atomic mass is 10.2. The van der Waals surface area contributed by atoms with Crippen LogP contribution in [-0.2, 0) is 16.6 Å². The predicted molar refractivity (Wildman–Crippen MR) is 98.8 cm³/mol. The number of rotatable bonds is 4. The Labute approximate surface area is 148 Å². The largest absolute Gasteiger partial charge is 0.308 e. The van der Waals surface area contributed by atoms with Crippen molar-refractivity contribution >= 4 is 48.9 Å². The average Bonchev–Trinajstić information content (AvgIpc) is 2.80. The van der Waals surface area contributed by atoms with Crippen LogP contribution in [-0.4, -0.2) is 13.0 Å². The van der Waals surface area contributed by atoms with Gasteiger partial charge in [-0.25, -0.2) is 8.42 Å². The molecule has 0 saturated carbocycles. The van der Waals surface area contributed by atoms with Gasteiger partial charge in [0.25, 0.3) is 10.0 Å². The van der Waals surface area contributed by atoms with Crippen LogP contribution in [0.2, 0.25) is 5.02 Å². The van der Waals surface area contributed by atoms with Crippen molar-refractivity contribution in [3.63, 3.8) is 0 Å². The van der Waals surface area contributed by atoms with E-state index in [1.54, 1.807) is 41.8 Å². The Morgan fingerprint density at radius 2 is 1.96 bits per heavy atom. The lowest BCUT2D eigenvalue weighted by molar-refractivity contribution is 0.600. The van der Waals surface area contributed by atoms with Crippen LogP contribution in [0.15, 0.2) is 46.1 Å². The molecule has 3 aromatic rings. The molecule has 0 radical (unpaired) electrons. The predicted octanol–water partition coefficient (Wildman–Crippen LogP) is 3.85. The fourth-order valence-corrected chi connectivity index (χ4v) is 5.05. The number of benzene rings is 2. The number of sulfonamides is 1. The number of thiazole rings is 1. The van der Waals surface area contributed by atoms with E-state index in [4.69, 9.17) is 11.6 Å². The summed E-state index contributed by atoms with van der Waals surface area (Å²) in [5.74, 6) is 0. The lowest BCUT2D eigenvalue weighted by Crippen LogP contribution is -2.14. The number of hydrogen-bond donors (Lipinski definition) is 1. The Balaban J connectivity index is 2.01. The average molecular weight is 383 g/mol. The van der Waals surface area contributed by atoms with E-state index in [-0.39, 0.29) is 9.77 Å². The summed E-state index contributed by atoms with van der Waals surface area (Å²) < 4.78 is 30.1. The normalized spacial score (nSPS) is 11.8. The summed E-state index contributed by atoms with van der Waals surface area (Å²) in [5, 5.41) is 0.485. The van der Waals surface area contributed by atoms with Crippen molar-refractivity contribution in [1.29, 1.82) is 0 Å². The number of halogens is 1. The van der Waals surface area contributed by atoms with E-state index >= 15 is 0 Å². The zero-order chi connectivity index (χ0) is 17.5. The van der Waals surface area contributed by atoms with Crippen LogP contribution in [0, 0.1) is 6.92 Å². The van der Waals surface area contributed by atoms with Gasteiger partial charge in [0.2, 0.25) is 0 Å². The molecule has 0 amide bonds. The number of aromatic nitrogens is 1. The highest BCUT2D eigenvalue weighted by Crippen LogP contribution is 2.25.